The van der Waals surface area contributed by atoms with E-state index in [1.54, 1.807) is 6.20 Å². The molecule has 3 aromatic rings. The van der Waals surface area contributed by atoms with Crippen molar-refractivity contribution in [3.05, 3.63) is 65.5 Å². The molecular weight excluding hydrogens is 385 g/mol. The molecule has 0 aliphatic carbocycles. The van der Waals surface area contributed by atoms with E-state index in [-0.39, 0.29) is 19.2 Å². The van der Waals surface area contributed by atoms with Crippen molar-refractivity contribution in [1.82, 2.24) is 20.2 Å². The van der Waals surface area contributed by atoms with Crippen molar-refractivity contribution < 1.29 is 14.0 Å². The topological polar surface area (TPSA) is 80.5 Å². The van der Waals surface area contributed by atoms with Crippen LogP contribution < -0.4 is 10.6 Å². The number of piperidine rings is 1. The number of carbonyl (C=O) groups excluding carboxylic acids is 1. The predicted octanol–water partition coefficient (Wildman–Crippen LogP) is 3.69. The van der Waals surface area contributed by atoms with Gasteiger partial charge in [0.25, 0.3) is 0 Å². The summed E-state index contributed by atoms with van der Waals surface area (Å²) < 4.78 is 20.4. The van der Waals surface area contributed by atoms with E-state index in [0.29, 0.717) is 5.56 Å². The lowest BCUT2D eigenvalue weighted by molar-refractivity contribution is 0.139. The first-order valence-electron chi connectivity index (χ1n) is 10.1. The number of hydrogen-bond acceptors (Lipinski definition) is 5. The number of aromatic nitrogens is 2. The third kappa shape index (κ3) is 4.33. The molecule has 1 amide bonds. The molecule has 0 radical (unpaired) electrons. The number of nitrogens with one attached hydrogen (secondary N) is 2. The van der Waals surface area contributed by atoms with E-state index in [2.05, 4.69) is 25.4 Å². The Hall–Kier alpha value is -3.26. The highest BCUT2D eigenvalue weighted by atomic mass is 19.2. The smallest absolute Gasteiger partial charge is 0.407 e. The van der Waals surface area contributed by atoms with E-state index in [1.165, 1.54) is 6.21 Å². The van der Waals surface area contributed by atoms with E-state index < -0.39 is 6.09 Å². The van der Waals surface area contributed by atoms with Crippen LogP contribution in [0.15, 0.2) is 53.9 Å². The number of ether oxygens (including phenoxy) is 1. The number of rotatable bonds is 6. The number of amides is 1. The first kappa shape index (κ1) is 20.0. The summed E-state index contributed by atoms with van der Waals surface area (Å²) in [5.41, 5.74) is 3.08. The Morgan fingerprint density at radius 3 is 2.83 bits per heavy atom. The fourth-order valence-electron chi connectivity index (χ4n) is 3.97. The maximum atomic E-state index is 13.0. The number of carbonyl (C=O) groups is 1. The molecule has 0 saturated carbocycles. The average Bonchev–Trinajstić information content (AvgIpc) is 3.11. The molecule has 1 aromatic carbocycles. The molecule has 156 valence electrons. The molecule has 0 unspecified atom stereocenters. The van der Waals surface area contributed by atoms with Crippen LogP contribution >= 0.6 is 0 Å². The van der Waals surface area contributed by atoms with Gasteiger partial charge in [-0.15, -0.1) is 0 Å². The lowest BCUT2D eigenvalue weighted by Crippen LogP contribution is -2.32. The minimum atomic E-state index is -0.530. The Labute approximate surface area is 173 Å². The van der Waals surface area contributed by atoms with E-state index in [1.807, 2.05) is 42.5 Å². The van der Waals surface area contributed by atoms with Gasteiger partial charge in [0.1, 0.15) is 12.3 Å². The summed E-state index contributed by atoms with van der Waals surface area (Å²) in [4.78, 5) is 16.8. The zero-order valence-corrected chi connectivity index (χ0v) is 16.6. The second-order valence-electron chi connectivity index (χ2n) is 7.23. The van der Waals surface area contributed by atoms with Crippen LogP contribution in [0, 0.1) is 0 Å². The van der Waals surface area contributed by atoms with Gasteiger partial charge in [0.05, 0.1) is 12.8 Å². The third-order valence-corrected chi connectivity index (χ3v) is 5.37. The van der Waals surface area contributed by atoms with Gasteiger partial charge in [0, 0.05) is 28.9 Å². The highest BCUT2D eigenvalue weighted by molar-refractivity contribution is 5.99. The van der Waals surface area contributed by atoms with Gasteiger partial charge in [-0.05, 0) is 43.6 Å². The second kappa shape index (κ2) is 9.49. The Kier molecular flexibility index (Phi) is 6.34. The summed E-state index contributed by atoms with van der Waals surface area (Å²) in [6.07, 6.45) is 4.24. The SMILES string of the molecule is O=C(NCc1c(C=NF)c2cccnc2n1C1CCNCC1)OCc1ccccc1. The molecule has 2 N–H and O–H groups in total. The lowest BCUT2D eigenvalue weighted by Gasteiger charge is -2.27. The van der Waals surface area contributed by atoms with Crippen LogP contribution in [0.1, 0.15) is 35.7 Å². The van der Waals surface area contributed by atoms with Crippen LogP contribution in [0.25, 0.3) is 11.0 Å². The number of alkyl carbamates (subject to hydrolysis) is 1. The summed E-state index contributed by atoms with van der Waals surface area (Å²) in [6, 6.07) is 13.4. The summed E-state index contributed by atoms with van der Waals surface area (Å²) >= 11 is 0. The second-order valence-corrected chi connectivity index (χ2v) is 7.23. The van der Waals surface area contributed by atoms with Crippen LogP contribution in [0.4, 0.5) is 9.28 Å². The number of benzene rings is 1. The summed E-state index contributed by atoms with van der Waals surface area (Å²) in [7, 11) is 0. The molecule has 2 aromatic heterocycles. The molecule has 1 saturated heterocycles. The zero-order chi connectivity index (χ0) is 20.8. The monoisotopic (exact) mass is 409 g/mol. The number of halogens is 1. The first-order valence-corrected chi connectivity index (χ1v) is 10.1. The van der Waals surface area contributed by atoms with Gasteiger partial charge in [-0.2, -0.15) is 0 Å². The van der Waals surface area contributed by atoms with Gasteiger partial charge in [-0.3, -0.25) is 0 Å². The molecule has 7 nitrogen and oxygen atoms in total. The first-order chi connectivity index (χ1) is 14.8. The highest BCUT2D eigenvalue weighted by Crippen LogP contribution is 2.31. The number of pyridine rings is 1. The largest absolute Gasteiger partial charge is 0.445 e. The van der Waals surface area contributed by atoms with E-state index in [0.717, 1.165) is 48.2 Å². The van der Waals surface area contributed by atoms with Crippen LogP contribution in [0.2, 0.25) is 0 Å². The highest BCUT2D eigenvalue weighted by Gasteiger charge is 2.24. The number of nitrogens with zero attached hydrogens (tertiary/aromatic N) is 3. The van der Waals surface area contributed by atoms with Crippen molar-refractivity contribution in [3.63, 3.8) is 0 Å². The normalized spacial score (nSPS) is 15.0. The Morgan fingerprint density at radius 1 is 1.27 bits per heavy atom. The predicted molar refractivity (Wildman–Crippen MR) is 113 cm³/mol. The minimum Gasteiger partial charge on any atom is -0.445 e. The molecule has 4 rings (SSSR count). The van der Waals surface area contributed by atoms with Gasteiger partial charge in [0.2, 0.25) is 0 Å². The zero-order valence-electron chi connectivity index (χ0n) is 16.6. The van der Waals surface area contributed by atoms with Gasteiger partial charge >= 0.3 is 6.09 Å². The van der Waals surface area contributed by atoms with Gasteiger partial charge in [-0.25, -0.2) is 9.78 Å². The van der Waals surface area contributed by atoms with Gasteiger partial charge in [0.15, 0.2) is 0 Å². The molecule has 1 fully saturated rings. The molecule has 0 spiro atoms. The summed E-state index contributed by atoms with van der Waals surface area (Å²) in [6.45, 7) is 2.17. The van der Waals surface area contributed by atoms with Gasteiger partial charge in [-0.1, -0.05) is 40.0 Å². The van der Waals surface area contributed by atoms with Crippen LogP contribution in [-0.4, -0.2) is 34.9 Å². The fourth-order valence-corrected chi connectivity index (χ4v) is 3.97. The molecule has 1 aliphatic heterocycles. The Bertz CT molecular complexity index is 1030. The quantitative estimate of drug-likeness (QED) is 0.609. The van der Waals surface area contributed by atoms with Crippen LogP contribution in [0.3, 0.4) is 0 Å². The van der Waals surface area contributed by atoms with E-state index in [4.69, 9.17) is 4.74 Å². The van der Waals surface area contributed by atoms with Crippen molar-refractivity contribution in [3.8, 4) is 0 Å². The van der Waals surface area contributed by atoms with Crippen molar-refractivity contribution in [2.24, 2.45) is 5.21 Å². The molecule has 3 heterocycles. The molecule has 8 heteroatoms. The van der Waals surface area contributed by atoms with Crippen molar-refractivity contribution in [2.45, 2.75) is 32.0 Å². The fraction of sp³-hybridized carbons (Fsp3) is 0.318. The Morgan fingerprint density at radius 2 is 2.07 bits per heavy atom. The maximum Gasteiger partial charge on any atom is 0.407 e. The standard InChI is InChI=1S/C22H24FN5O2/c23-27-13-19-18-7-4-10-25-21(18)28(17-8-11-24-12-9-17)20(19)14-26-22(29)30-15-16-5-2-1-3-6-16/h1-7,10,13,17,24H,8-9,11-12,14-15H2,(H,26,29). The molecule has 30 heavy (non-hydrogen) atoms. The van der Waals surface area contributed by atoms with Gasteiger partial charge < -0.3 is 19.9 Å². The minimum absolute atomic E-state index is 0.185. The summed E-state index contributed by atoms with van der Waals surface area (Å²) in [5, 5.41) is 9.72. The van der Waals surface area contributed by atoms with E-state index in [9.17, 15) is 9.28 Å². The Balaban J connectivity index is 1.58. The van der Waals surface area contributed by atoms with Crippen molar-refractivity contribution in [1.29, 1.82) is 0 Å². The van der Waals surface area contributed by atoms with E-state index >= 15 is 0 Å². The number of hydrogen-bond donors (Lipinski definition) is 2. The number of fused-ring (bicyclic) bond motifs is 1. The van der Waals surface area contributed by atoms with Crippen molar-refractivity contribution in [2.75, 3.05) is 13.1 Å². The lowest BCUT2D eigenvalue weighted by atomic mass is 10.1. The maximum absolute atomic E-state index is 13.0. The molecular formula is C22H24FN5O2. The van der Waals surface area contributed by atoms with Crippen LogP contribution in [0.5, 0.6) is 0 Å². The van der Waals surface area contributed by atoms with Crippen molar-refractivity contribution >= 4 is 23.3 Å². The van der Waals surface area contributed by atoms with Crippen LogP contribution in [-0.2, 0) is 17.9 Å². The molecule has 1 aliphatic rings. The average molecular weight is 409 g/mol. The summed E-state index contributed by atoms with van der Waals surface area (Å²) in [5.74, 6) is 0. The third-order valence-electron chi connectivity index (χ3n) is 5.37. The molecule has 0 bridgehead atoms. The molecule has 0 atom stereocenters.